The van der Waals surface area contributed by atoms with Crippen LogP contribution in [0.5, 0.6) is 0 Å². The van der Waals surface area contributed by atoms with Crippen LogP contribution in [-0.4, -0.2) is 53.4 Å². The highest BCUT2D eigenvalue weighted by Gasteiger charge is 2.55. The smallest absolute Gasteiger partial charge is 0.335 e. The summed E-state index contributed by atoms with van der Waals surface area (Å²) < 4.78 is 25.7. The van der Waals surface area contributed by atoms with Gasteiger partial charge in [0.25, 0.3) is 10.0 Å². The molecule has 7 nitrogen and oxygen atoms in total. The number of carbonyl (C=O) groups excluding carboxylic acids is 1. The molecular weight excluding hydrogens is 284 g/mol. The first-order chi connectivity index (χ1) is 9.43. The molecule has 0 aromatic heterocycles. The van der Waals surface area contributed by atoms with Gasteiger partial charge in [0.15, 0.2) is 0 Å². The maximum Gasteiger partial charge on any atom is 0.335 e. The van der Waals surface area contributed by atoms with E-state index in [0.29, 0.717) is 0 Å². The Kier molecular flexibility index (Phi) is 2.72. The van der Waals surface area contributed by atoms with E-state index in [1.807, 2.05) is 0 Å². The minimum absolute atomic E-state index is 0.0361. The molecule has 2 unspecified atom stereocenters. The molecule has 106 valence electrons. The second-order valence-corrected chi connectivity index (χ2v) is 6.61. The number of hydrogen-bond acceptors (Lipinski definition) is 4. The fraction of sp³-hybridized carbons (Fsp3) is 0.333. The quantitative estimate of drug-likeness (QED) is 0.867. The molecule has 2 saturated heterocycles. The third-order valence-electron chi connectivity index (χ3n) is 3.63. The van der Waals surface area contributed by atoms with Crippen molar-refractivity contribution in [3.05, 3.63) is 30.3 Å². The Balaban J connectivity index is 1.95. The minimum Gasteiger partial charge on any atom is -0.480 e. The normalized spacial score (nSPS) is 25.3. The van der Waals surface area contributed by atoms with Crippen LogP contribution >= 0.6 is 0 Å². The van der Waals surface area contributed by atoms with Crippen molar-refractivity contribution in [1.29, 1.82) is 0 Å². The zero-order valence-electron chi connectivity index (χ0n) is 10.3. The second-order valence-electron chi connectivity index (χ2n) is 4.79. The number of fused-ring (bicyclic) bond motifs is 2. The van der Waals surface area contributed by atoms with Gasteiger partial charge >= 0.3 is 12.0 Å². The predicted octanol–water partition coefficient (Wildman–Crippen LogP) is 0.338. The van der Waals surface area contributed by atoms with Crippen LogP contribution in [0.25, 0.3) is 0 Å². The largest absolute Gasteiger partial charge is 0.480 e. The lowest BCUT2D eigenvalue weighted by molar-refractivity contribution is -0.141. The van der Waals surface area contributed by atoms with Crippen molar-refractivity contribution in [1.82, 2.24) is 9.21 Å². The van der Waals surface area contributed by atoms with Crippen molar-refractivity contribution in [3.63, 3.8) is 0 Å². The molecular formula is C12H12N2O5S. The highest BCUT2D eigenvalue weighted by molar-refractivity contribution is 7.89. The number of benzene rings is 1. The molecule has 1 N–H and O–H groups in total. The van der Waals surface area contributed by atoms with Gasteiger partial charge in [0.1, 0.15) is 6.04 Å². The lowest BCUT2D eigenvalue weighted by atomic mass is 10.1. The number of hydrogen-bond donors (Lipinski definition) is 1. The number of aliphatic carboxylic acids is 1. The molecule has 8 heteroatoms. The first-order valence-electron chi connectivity index (χ1n) is 6.06. The van der Waals surface area contributed by atoms with Crippen molar-refractivity contribution >= 4 is 22.0 Å². The van der Waals surface area contributed by atoms with Crippen molar-refractivity contribution in [3.8, 4) is 0 Å². The molecule has 0 spiro atoms. The Morgan fingerprint density at radius 3 is 2.45 bits per heavy atom. The molecule has 3 rings (SSSR count). The fourth-order valence-electron chi connectivity index (χ4n) is 2.72. The van der Waals surface area contributed by atoms with Gasteiger partial charge in [-0.05, 0) is 12.1 Å². The Morgan fingerprint density at radius 1 is 1.25 bits per heavy atom. The topological polar surface area (TPSA) is 95.0 Å². The first kappa shape index (κ1) is 12.9. The molecule has 1 aromatic rings. The number of amides is 2. The minimum atomic E-state index is -3.92. The maximum atomic E-state index is 12.4. The number of carboxylic acid groups (broad SMARTS) is 1. The van der Waals surface area contributed by atoms with E-state index in [0.717, 1.165) is 9.21 Å². The Labute approximate surface area is 115 Å². The molecule has 0 aliphatic carbocycles. The summed E-state index contributed by atoms with van der Waals surface area (Å²) >= 11 is 0. The van der Waals surface area contributed by atoms with E-state index in [1.165, 1.54) is 12.1 Å². The maximum absolute atomic E-state index is 12.4. The van der Waals surface area contributed by atoms with Crippen molar-refractivity contribution in [2.24, 2.45) is 0 Å². The van der Waals surface area contributed by atoms with Crippen LogP contribution in [0.15, 0.2) is 35.2 Å². The molecule has 2 atom stereocenters. The van der Waals surface area contributed by atoms with Crippen LogP contribution in [0.3, 0.4) is 0 Å². The van der Waals surface area contributed by atoms with Gasteiger partial charge in [-0.25, -0.2) is 22.3 Å². The summed E-state index contributed by atoms with van der Waals surface area (Å²) in [6.45, 7) is 0.141. The molecule has 20 heavy (non-hydrogen) atoms. The molecule has 2 amide bonds. The summed E-state index contributed by atoms with van der Waals surface area (Å²) in [6.07, 6.45) is 0.132. The SMILES string of the molecule is O=C(O)C1CC2CN1C(=O)N2S(=O)(=O)c1ccccc1. The van der Waals surface area contributed by atoms with Gasteiger partial charge in [-0.1, -0.05) is 18.2 Å². The van der Waals surface area contributed by atoms with Crippen molar-refractivity contribution < 1.29 is 23.1 Å². The summed E-state index contributed by atoms with van der Waals surface area (Å²) in [5.41, 5.74) is 0. The van der Waals surface area contributed by atoms with E-state index in [-0.39, 0.29) is 17.9 Å². The van der Waals surface area contributed by atoms with E-state index in [4.69, 9.17) is 5.11 Å². The average molecular weight is 296 g/mol. The molecule has 0 saturated carbocycles. The van der Waals surface area contributed by atoms with Gasteiger partial charge in [0, 0.05) is 13.0 Å². The molecule has 0 radical (unpaired) electrons. The molecule has 2 fully saturated rings. The molecule has 1 aromatic carbocycles. The van der Waals surface area contributed by atoms with E-state index in [2.05, 4.69) is 0 Å². The highest BCUT2D eigenvalue weighted by Crippen LogP contribution is 2.35. The number of carbonyl (C=O) groups is 2. The summed E-state index contributed by atoms with van der Waals surface area (Å²) in [4.78, 5) is 24.3. The van der Waals surface area contributed by atoms with Gasteiger partial charge in [-0.15, -0.1) is 0 Å². The molecule has 2 aliphatic rings. The third kappa shape index (κ3) is 1.68. The second kappa shape index (κ2) is 4.20. The number of rotatable bonds is 3. The zero-order chi connectivity index (χ0) is 14.5. The first-order valence-corrected chi connectivity index (χ1v) is 7.50. The predicted molar refractivity (Wildman–Crippen MR) is 67.4 cm³/mol. The lowest BCUT2D eigenvalue weighted by Gasteiger charge is -2.29. The number of urea groups is 1. The summed E-state index contributed by atoms with van der Waals surface area (Å²) in [5.74, 6) is -1.10. The molecule has 2 bridgehead atoms. The van der Waals surface area contributed by atoms with Gasteiger partial charge < -0.3 is 10.0 Å². The monoisotopic (exact) mass is 296 g/mol. The van der Waals surface area contributed by atoms with Gasteiger partial charge in [0.2, 0.25) is 0 Å². The van der Waals surface area contributed by atoms with Crippen molar-refractivity contribution in [2.45, 2.75) is 23.4 Å². The highest BCUT2D eigenvalue weighted by atomic mass is 32.2. The Bertz CT molecular complexity index is 672. The number of carboxylic acids is 1. The summed E-state index contributed by atoms with van der Waals surface area (Å²) in [6, 6.07) is 5.39. The van der Waals surface area contributed by atoms with Gasteiger partial charge in [0.05, 0.1) is 10.9 Å². The van der Waals surface area contributed by atoms with Crippen LogP contribution < -0.4 is 0 Å². The standard InChI is InChI=1S/C12H12N2O5S/c15-11(16)10-6-8-7-13(10)12(17)14(8)20(18,19)9-4-2-1-3-5-9/h1-5,8,10H,6-7H2,(H,15,16). The average Bonchev–Trinajstić information content (AvgIpc) is 2.97. The number of nitrogens with zero attached hydrogens (tertiary/aromatic N) is 2. The summed E-state index contributed by atoms with van der Waals surface area (Å²) in [7, 11) is -3.92. The summed E-state index contributed by atoms with van der Waals surface area (Å²) in [5, 5.41) is 9.00. The third-order valence-corrected chi connectivity index (χ3v) is 5.47. The van der Waals surface area contributed by atoms with E-state index in [9.17, 15) is 18.0 Å². The fourth-order valence-corrected chi connectivity index (χ4v) is 4.30. The van der Waals surface area contributed by atoms with Crippen LogP contribution in [0.2, 0.25) is 0 Å². The van der Waals surface area contributed by atoms with Gasteiger partial charge in [-0.3, -0.25) is 0 Å². The van der Waals surface area contributed by atoms with Crippen molar-refractivity contribution in [2.75, 3.05) is 6.54 Å². The molecule has 2 heterocycles. The zero-order valence-corrected chi connectivity index (χ0v) is 11.2. The van der Waals surface area contributed by atoms with Crippen LogP contribution in [0.4, 0.5) is 4.79 Å². The van der Waals surface area contributed by atoms with E-state index in [1.54, 1.807) is 18.2 Å². The van der Waals surface area contributed by atoms with Crippen LogP contribution in [0.1, 0.15) is 6.42 Å². The van der Waals surface area contributed by atoms with E-state index < -0.39 is 34.1 Å². The lowest BCUT2D eigenvalue weighted by Crippen LogP contribution is -2.50. The Morgan fingerprint density at radius 2 is 1.90 bits per heavy atom. The molecule has 2 aliphatic heterocycles. The van der Waals surface area contributed by atoms with E-state index >= 15 is 0 Å². The number of sulfonamides is 1. The van der Waals surface area contributed by atoms with Gasteiger partial charge in [-0.2, -0.15) is 0 Å². The van der Waals surface area contributed by atoms with Crippen LogP contribution in [-0.2, 0) is 14.8 Å². The Hall–Kier alpha value is -2.09. The van der Waals surface area contributed by atoms with Crippen LogP contribution in [0, 0.1) is 0 Å².